The summed E-state index contributed by atoms with van der Waals surface area (Å²) in [5, 5.41) is 9.09. The summed E-state index contributed by atoms with van der Waals surface area (Å²) < 4.78 is 67.1. The Morgan fingerprint density at radius 1 is 1.00 bits per heavy atom. The highest BCUT2D eigenvalue weighted by Crippen LogP contribution is 2.48. The summed E-state index contributed by atoms with van der Waals surface area (Å²) in [6.07, 6.45) is -2.55. The number of alkyl halides is 3. The van der Waals surface area contributed by atoms with E-state index in [0.29, 0.717) is 10.7 Å². The number of carbonyl (C=O) groups excluding carboxylic acids is 2. The molecule has 2 aromatic carbocycles. The van der Waals surface area contributed by atoms with Gasteiger partial charge in [0.1, 0.15) is 0 Å². The maximum absolute atomic E-state index is 12.8. The molecule has 42 heavy (non-hydrogen) atoms. The lowest BCUT2D eigenvalue weighted by atomic mass is 10.1. The normalized spacial score (nSPS) is 14.0. The molecule has 0 unspecified atom stereocenters. The summed E-state index contributed by atoms with van der Waals surface area (Å²) in [5.41, 5.74) is 1.02. The molecule has 1 aliphatic carbocycles. The highest BCUT2D eigenvalue weighted by atomic mass is 35.5. The molecule has 0 atom stereocenters. The Morgan fingerprint density at radius 3 is 2.24 bits per heavy atom. The molecule has 1 saturated carbocycles. The number of anilines is 3. The Morgan fingerprint density at radius 2 is 1.64 bits per heavy atom. The van der Waals surface area contributed by atoms with Crippen molar-refractivity contribution in [2.75, 3.05) is 30.0 Å². The van der Waals surface area contributed by atoms with Crippen LogP contribution in [0.25, 0.3) is 0 Å². The molecular formula is C25H25ClF3N7O5S. The number of halogens is 4. The van der Waals surface area contributed by atoms with E-state index in [-0.39, 0.29) is 30.4 Å². The van der Waals surface area contributed by atoms with Gasteiger partial charge in [-0.2, -0.15) is 28.1 Å². The zero-order chi connectivity index (χ0) is 30.5. The highest BCUT2D eigenvalue weighted by Gasteiger charge is 2.45. The zero-order valence-corrected chi connectivity index (χ0v) is 23.5. The van der Waals surface area contributed by atoms with E-state index in [9.17, 15) is 31.2 Å². The second kappa shape index (κ2) is 12.4. The van der Waals surface area contributed by atoms with E-state index in [2.05, 4.69) is 30.9 Å². The first-order valence-electron chi connectivity index (χ1n) is 12.4. The minimum atomic E-state index is -4.61. The monoisotopic (exact) mass is 627 g/mol. The van der Waals surface area contributed by atoms with Gasteiger partial charge >= 0.3 is 12.2 Å². The molecule has 0 aliphatic heterocycles. The van der Waals surface area contributed by atoms with E-state index in [4.69, 9.17) is 16.3 Å². The van der Waals surface area contributed by atoms with Crippen LogP contribution in [0.1, 0.15) is 35.2 Å². The zero-order valence-electron chi connectivity index (χ0n) is 22.0. The molecule has 0 spiro atoms. The Balaban J connectivity index is 1.44. The van der Waals surface area contributed by atoms with Crippen molar-refractivity contribution in [3.63, 3.8) is 0 Å². The van der Waals surface area contributed by atoms with Gasteiger partial charge in [-0.3, -0.25) is 14.3 Å². The van der Waals surface area contributed by atoms with Gasteiger partial charge in [0.2, 0.25) is 27.8 Å². The molecule has 2 amide bonds. The van der Waals surface area contributed by atoms with E-state index >= 15 is 0 Å². The van der Waals surface area contributed by atoms with Gasteiger partial charge in [-0.25, -0.2) is 8.42 Å². The van der Waals surface area contributed by atoms with Crippen molar-refractivity contribution in [3.05, 3.63) is 64.7 Å². The molecular weight excluding hydrogens is 603 g/mol. The highest BCUT2D eigenvalue weighted by molar-refractivity contribution is 7.89. The van der Waals surface area contributed by atoms with Crippen LogP contribution in [0, 0.1) is 0 Å². The molecule has 0 radical (unpaired) electrons. The SMILES string of the molecule is CS(=O)(=O)NC(=O)CCNC(=O)c1ccc(Nc2nc(NC3(c4ccc(Cl)cc4)CC3)nc(OCC(F)(F)F)n2)cc1. The second-order valence-corrected chi connectivity index (χ2v) is 11.6. The molecule has 0 saturated heterocycles. The molecule has 224 valence electrons. The summed E-state index contributed by atoms with van der Waals surface area (Å²) in [5.74, 6) is -1.39. The van der Waals surface area contributed by atoms with E-state index in [1.54, 1.807) is 16.9 Å². The summed E-state index contributed by atoms with van der Waals surface area (Å²) >= 11 is 5.99. The van der Waals surface area contributed by atoms with Crippen LogP contribution in [0.3, 0.4) is 0 Å². The Kier molecular flexibility index (Phi) is 9.06. The van der Waals surface area contributed by atoms with Gasteiger partial charge in [-0.15, -0.1) is 0 Å². The average Bonchev–Trinajstić information content (AvgIpc) is 3.67. The van der Waals surface area contributed by atoms with E-state index < -0.39 is 46.2 Å². The first kappa shape index (κ1) is 30.8. The standard InChI is InChI=1S/C25H25ClF3N7O5S/c1-42(39,40)36-19(37)10-13-30-20(38)15-2-8-18(9-3-15)31-21-32-22(34-23(33-21)41-14-25(27,28)29)35-24(11-12-24)16-4-6-17(26)7-5-16/h2-9H,10-14H2,1H3,(H,30,38)(H,36,37)(H2,31,32,33,34,35). The van der Waals surface area contributed by atoms with Crippen LogP contribution in [0.2, 0.25) is 5.02 Å². The molecule has 1 aliphatic rings. The average molecular weight is 628 g/mol. The number of aromatic nitrogens is 3. The van der Waals surface area contributed by atoms with Crippen molar-refractivity contribution in [2.24, 2.45) is 0 Å². The molecule has 0 bridgehead atoms. The number of nitrogens with one attached hydrogen (secondary N) is 4. The van der Waals surface area contributed by atoms with Crippen molar-refractivity contribution in [1.82, 2.24) is 25.0 Å². The fourth-order valence-corrected chi connectivity index (χ4v) is 4.40. The second-order valence-electron chi connectivity index (χ2n) is 9.39. The minimum Gasteiger partial charge on any atom is -0.454 e. The Hall–Kier alpha value is -4.18. The third-order valence-corrected chi connectivity index (χ3v) is 6.67. The molecule has 3 aromatic rings. The van der Waals surface area contributed by atoms with Crippen LogP contribution in [0.5, 0.6) is 6.01 Å². The quantitative estimate of drug-likeness (QED) is 0.234. The smallest absolute Gasteiger partial charge is 0.422 e. The van der Waals surface area contributed by atoms with E-state index in [0.717, 1.165) is 24.7 Å². The number of hydrogen-bond donors (Lipinski definition) is 4. The van der Waals surface area contributed by atoms with Gasteiger partial charge < -0.3 is 20.7 Å². The van der Waals surface area contributed by atoms with Crippen molar-refractivity contribution < 1.29 is 35.9 Å². The Bertz CT molecular complexity index is 1550. The number of nitrogens with zero attached hydrogens (tertiary/aromatic N) is 3. The van der Waals surface area contributed by atoms with Crippen molar-refractivity contribution in [3.8, 4) is 6.01 Å². The van der Waals surface area contributed by atoms with Crippen LogP contribution in [-0.4, -0.2) is 60.8 Å². The number of rotatable bonds is 12. The number of benzene rings is 2. The summed E-state index contributed by atoms with van der Waals surface area (Å²) in [6, 6.07) is 12.5. The van der Waals surface area contributed by atoms with Crippen LogP contribution in [0.15, 0.2) is 48.5 Å². The minimum absolute atomic E-state index is 0.00645. The summed E-state index contributed by atoms with van der Waals surface area (Å²) in [4.78, 5) is 36.1. The van der Waals surface area contributed by atoms with Crippen molar-refractivity contribution >= 4 is 51.0 Å². The summed E-state index contributed by atoms with van der Waals surface area (Å²) in [6.45, 7) is -1.70. The van der Waals surface area contributed by atoms with Gasteiger partial charge in [0.05, 0.1) is 11.8 Å². The van der Waals surface area contributed by atoms with Gasteiger partial charge in [-0.05, 0) is 54.8 Å². The van der Waals surface area contributed by atoms with E-state index in [1.165, 1.54) is 24.3 Å². The molecule has 17 heteroatoms. The maximum atomic E-state index is 12.8. The van der Waals surface area contributed by atoms with Crippen molar-refractivity contribution in [2.45, 2.75) is 31.0 Å². The first-order chi connectivity index (χ1) is 19.7. The first-order valence-corrected chi connectivity index (χ1v) is 14.6. The lowest BCUT2D eigenvalue weighted by Gasteiger charge is -2.19. The lowest BCUT2D eigenvalue weighted by Crippen LogP contribution is -2.33. The predicted octanol–water partition coefficient (Wildman–Crippen LogP) is 3.51. The predicted molar refractivity (Wildman–Crippen MR) is 147 cm³/mol. The fourth-order valence-electron chi connectivity index (χ4n) is 3.76. The van der Waals surface area contributed by atoms with Crippen molar-refractivity contribution in [1.29, 1.82) is 0 Å². The fraction of sp³-hybridized carbons (Fsp3) is 0.320. The van der Waals surface area contributed by atoms with Gasteiger partial charge in [0.25, 0.3) is 5.91 Å². The van der Waals surface area contributed by atoms with Gasteiger partial charge in [0, 0.05) is 29.2 Å². The lowest BCUT2D eigenvalue weighted by molar-refractivity contribution is -0.154. The maximum Gasteiger partial charge on any atom is 0.422 e. The number of hydrogen-bond acceptors (Lipinski definition) is 10. The van der Waals surface area contributed by atoms with Gasteiger partial charge in [-0.1, -0.05) is 23.7 Å². The van der Waals surface area contributed by atoms with Crippen LogP contribution >= 0.6 is 11.6 Å². The molecule has 1 fully saturated rings. The molecule has 1 heterocycles. The third kappa shape index (κ3) is 9.17. The molecule has 4 rings (SSSR count). The van der Waals surface area contributed by atoms with Crippen LogP contribution < -0.4 is 25.4 Å². The van der Waals surface area contributed by atoms with E-state index in [1.807, 2.05) is 12.1 Å². The molecule has 1 aromatic heterocycles. The number of amides is 2. The largest absolute Gasteiger partial charge is 0.454 e. The topological polar surface area (TPSA) is 164 Å². The molecule has 12 nitrogen and oxygen atoms in total. The number of ether oxygens (including phenoxy) is 1. The van der Waals surface area contributed by atoms with Crippen LogP contribution in [-0.2, 0) is 20.4 Å². The number of carbonyl (C=O) groups is 2. The molecule has 4 N–H and O–H groups in total. The number of sulfonamides is 1. The third-order valence-electron chi connectivity index (χ3n) is 5.82. The van der Waals surface area contributed by atoms with Crippen LogP contribution in [0.4, 0.5) is 30.8 Å². The Labute approximate surface area is 243 Å². The van der Waals surface area contributed by atoms with Gasteiger partial charge in [0.15, 0.2) is 6.61 Å². The summed E-state index contributed by atoms with van der Waals surface area (Å²) in [7, 11) is -3.69.